The van der Waals surface area contributed by atoms with E-state index in [2.05, 4.69) is 49.8 Å². The van der Waals surface area contributed by atoms with Gasteiger partial charge in [-0.1, -0.05) is 0 Å². The molecule has 126 valence electrons. The first-order valence-corrected chi connectivity index (χ1v) is 8.39. The Labute approximate surface area is 144 Å². The molecule has 2 fully saturated rings. The van der Waals surface area contributed by atoms with Gasteiger partial charge in [-0.05, 0) is 31.0 Å². The minimum Gasteiger partial charge on any atom is -0.314 e. The van der Waals surface area contributed by atoms with Crippen LogP contribution in [0.3, 0.4) is 0 Å². The Morgan fingerprint density at radius 2 is 2.09 bits per heavy atom. The van der Waals surface area contributed by atoms with Gasteiger partial charge in [-0.15, -0.1) is 12.4 Å². The van der Waals surface area contributed by atoms with Crippen molar-refractivity contribution in [3.8, 4) is 0 Å². The molecule has 0 radical (unpaired) electrons. The van der Waals surface area contributed by atoms with E-state index in [0.717, 1.165) is 31.3 Å². The molecule has 2 aromatic heterocycles. The molecular weight excluding hydrogens is 310 g/mol. The quantitative estimate of drug-likeness (QED) is 0.923. The Balaban J connectivity index is 0.00000156. The first-order valence-electron chi connectivity index (χ1n) is 8.39. The van der Waals surface area contributed by atoms with Crippen molar-refractivity contribution in [1.82, 2.24) is 24.5 Å². The molecule has 4 rings (SSSR count). The molecule has 0 amide bonds. The molecule has 5 nitrogen and oxygen atoms in total. The lowest BCUT2D eigenvalue weighted by Gasteiger charge is -2.32. The molecule has 6 heteroatoms. The molecular formula is C17H26ClN5. The summed E-state index contributed by atoms with van der Waals surface area (Å²) in [6.45, 7) is 10.2. The highest BCUT2D eigenvalue weighted by Crippen LogP contribution is 2.19. The number of fused-ring (bicyclic) bond motifs is 1. The third kappa shape index (κ3) is 3.53. The van der Waals surface area contributed by atoms with Crippen LogP contribution in [0.5, 0.6) is 0 Å². The van der Waals surface area contributed by atoms with Crippen LogP contribution < -0.4 is 5.32 Å². The van der Waals surface area contributed by atoms with Crippen LogP contribution in [0.2, 0.25) is 0 Å². The number of likely N-dealkylation sites (tertiary alicyclic amines) is 1. The Hall–Kier alpha value is -1.14. The van der Waals surface area contributed by atoms with Crippen LogP contribution in [0.15, 0.2) is 24.5 Å². The second kappa shape index (κ2) is 7.18. The van der Waals surface area contributed by atoms with Gasteiger partial charge in [0, 0.05) is 58.1 Å². The summed E-state index contributed by atoms with van der Waals surface area (Å²) in [4.78, 5) is 9.79. The summed E-state index contributed by atoms with van der Waals surface area (Å²) in [5.74, 6) is 0. The number of halogens is 1. The fraction of sp³-hybridized carbons (Fsp3) is 0.588. The van der Waals surface area contributed by atoms with Gasteiger partial charge in [0.25, 0.3) is 0 Å². The molecule has 0 bridgehead atoms. The molecule has 4 heterocycles. The Morgan fingerprint density at radius 3 is 2.91 bits per heavy atom. The summed E-state index contributed by atoms with van der Waals surface area (Å²) in [5.41, 5.74) is 3.63. The Kier molecular flexibility index (Phi) is 5.21. The fourth-order valence-corrected chi connectivity index (χ4v) is 3.78. The van der Waals surface area contributed by atoms with E-state index >= 15 is 0 Å². The minimum absolute atomic E-state index is 0. The maximum absolute atomic E-state index is 4.55. The van der Waals surface area contributed by atoms with E-state index < -0.39 is 0 Å². The number of pyridine rings is 1. The average Bonchev–Trinajstić information content (AvgIpc) is 3.16. The maximum Gasteiger partial charge on any atom is 0.137 e. The largest absolute Gasteiger partial charge is 0.314 e. The van der Waals surface area contributed by atoms with E-state index in [4.69, 9.17) is 0 Å². The third-order valence-corrected chi connectivity index (χ3v) is 5.05. The second-order valence-electron chi connectivity index (χ2n) is 6.65. The summed E-state index contributed by atoms with van der Waals surface area (Å²) < 4.78 is 2.23. The predicted octanol–water partition coefficient (Wildman–Crippen LogP) is 1.54. The number of hydrogen-bond acceptors (Lipinski definition) is 4. The van der Waals surface area contributed by atoms with Crippen molar-refractivity contribution in [2.75, 3.05) is 39.3 Å². The molecule has 1 N–H and O–H groups in total. The van der Waals surface area contributed by atoms with Gasteiger partial charge >= 0.3 is 0 Å². The van der Waals surface area contributed by atoms with Gasteiger partial charge in [-0.2, -0.15) is 0 Å². The van der Waals surface area contributed by atoms with Gasteiger partial charge in [0.05, 0.1) is 11.9 Å². The monoisotopic (exact) mass is 335 g/mol. The highest BCUT2D eigenvalue weighted by molar-refractivity contribution is 5.85. The van der Waals surface area contributed by atoms with Gasteiger partial charge < -0.3 is 9.72 Å². The molecule has 23 heavy (non-hydrogen) atoms. The SMILES string of the molecule is Cc1ccn2c(CN3CCC(N4CCNCC4)C3)cnc2c1.Cl. The standard InChI is InChI=1S/C17H25N5.ClH/c1-14-2-7-22-16(11-19-17(22)10-14)13-20-6-3-15(12-20)21-8-4-18-5-9-21;/h2,7,10-11,15,18H,3-6,8-9,12-13H2,1H3;1H. The highest BCUT2D eigenvalue weighted by atomic mass is 35.5. The number of nitrogens with zero attached hydrogens (tertiary/aromatic N) is 4. The summed E-state index contributed by atoms with van der Waals surface area (Å²) in [5, 5.41) is 3.44. The number of nitrogens with one attached hydrogen (secondary N) is 1. The van der Waals surface area contributed by atoms with E-state index in [0.29, 0.717) is 0 Å². The maximum atomic E-state index is 4.55. The number of piperazine rings is 1. The lowest BCUT2D eigenvalue weighted by Crippen LogP contribution is -2.49. The van der Waals surface area contributed by atoms with Crippen molar-refractivity contribution < 1.29 is 0 Å². The van der Waals surface area contributed by atoms with Crippen LogP contribution in [0, 0.1) is 6.92 Å². The first-order chi connectivity index (χ1) is 10.8. The fourth-order valence-electron chi connectivity index (χ4n) is 3.78. The summed E-state index contributed by atoms with van der Waals surface area (Å²) in [7, 11) is 0. The van der Waals surface area contributed by atoms with Crippen LogP contribution in [-0.2, 0) is 6.54 Å². The molecule has 2 aliphatic heterocycles. The number of imidazole rings is 1. The second-order valence-corrected chi connectivity index (χ2v) is 6.65. The molecule has 0 spiro atoms. The van der Waals surface area contributed by atoms with E-state index in [-0.39, 0.29) is 12.4 Å². The van der Waals surface area contributed by atoms with Crippen LogP contribution >= 0.6 is 12.4 Å². The molecule has 2 aromatic rings. The van der Waals surface area contributed by atoms with Gasteiger partial charge in [0.1, 0.15) is 5.65 Å². The van der Waals surface area contributed by atoms with Gasteiger partial charge in [-0.25, -0.2) is 4.98 Å². The van der Waals surface area contributed by atoms with E-state index in [1.165, 1.54) is 43.9 Å². The third-order valence-electron chi connectivity index (χ3n) is 5.05. The number of hydrogen-bond donors (Lipinski definition) is 1. The summed E-state index contributed by atoms with van der Waals surface area (Å²) in [6, 6.07) is 5.05. The highest BCUT2D eigenvalue weighted by Gasteiger charge is 2.28. The van der Waals surface area contributed by atoms with Crippen molar-refractivity contribution in [2.45, 2.75) is 25.9 Å². The Morgan fingerprint density at radius 1 is 1.26 bits per heavy atom. The van der Waals surface area contributed by atoms with Crippen LogP contribution in [-0.4, -0.2) is 64.5 Å². The predicted molar refractivity (Wildman–Crippen MR) is 95.3 cm³/mol. The molecule has 2 aliphatic rings. The Bertz CT molecular complexity index is 649. The zero-order valence-electron chi connectivity index (χ0n) is 13.7. The van der Waals surface area contributed by atoms with E-state index in [1.54, 1.807) is 0 Å². The molecule has 1 unspecified atom stereocenters. The van der Waals surface area contributed by atoms with Gasteiger partial charge in [0.15, 0.2) is 0 Å². The van der Waals surface area contributed by atoms with Crippen LogP contribution in [0.25, 0.3) is 5.65 Å². The van der Waals surface area contributed by atoms with Crippen molar-refractivity contribution in [3.63, 3.8) is 0 Å². The van der Waals surface area contributed by atoms with E-state index in [9.17, 15) is 0 Å². The molecule has 0 saturated carbocycles. The molecule has 2 saturated heterocycles. The number of rotatable bonds is 3. The normalized spacial score (nSPS) is 23.3. The molecule has 0 aliphatic carbocycles. The summed E-state index contributed by atoms with van der Waals surface area (Å²) in [6.07, 6.45) is 5.49. The number of aryl methyl sites for hydroxylation is 1. The van der Waals surface area contributed by atoms with Gasteiger partial charge in [-0.3, -0.25) is 9.80 Å². The summed E-state index contributed by atoms with van der Waals surface area (Å²) >= 11 is 0. The zero-order valence-corrected chi connectivity index (χ0v) is 14.6. The van der Waals surface area contributed by atoms with Crippen LogP contribution in [0.1, 0.15) is 17.7 Å². The first kappa shape index (κ1) is 16.7. The number of aromatic nitrogens is 2. The van der Waals surface area contributed by atoms with Crippen molar-refractivity contribution >= 4 is 18.1 Å². The van der Waals surface area contributed by atoms with E-state index in [1.807, 2.05) is 6.20 Å². The molecule has 0 aromatic carbocycles. The van der Waals surface area contributed by atoms with Gasteiger partial charge in [0.2, 0.25) is 0 Å². The molecule has 1 atom stereocenters. The smallest absolute Gasteiger partial charge is 0.137 e. The van der Waals surface area contributed by atoms with Crippen molar-refractivity contribution in [3.05, 3.63) is 35.8 Å². The van der Waals surface area contributed by atoms with Crippen molar-refractivity contribution in [2.24, 2.45) is 0 Å². The lowest BCUT2D eigenvalue weighted by atomic mass is 10.2. The lowest BCUT2D eigenvalue weighted by molar-refractivity contribution is 0.170. The average molecular weight is 336 g/mol. The minimum atomic E-state index is 0. The van der Waals surface area contributed by atoms with Crippen molar-refractivity contribution in [1.29, 1.82) is 0 Å². The van der Waals surface area contributed by atoms with Crippen LogP contribution in [0.4, 0.5) is 0 Å². The zero-order chi connectivity index (χ0) is 14.9. The topological polar surface area (TPSA) is 35.8 Å².